The molecule has 1 aromatic carbocycles. The van der Waals surface area contributed by atoms with Gasteiger partial charge in [0.1, 0.15) is 0 Å². The standard InChI is InChI=1S/C14H16ClN3O/c1-18-9-7-11(10-18)6-8-16-14(19)17-13-4-2-12(15)3-5-13/h2-5,7,9-10H,6,8H2,1H3,(H2,16,17,19). The number of carbonyl (C=O) groups excluding carboxylic acids is 1. The molecule has 0 radical (unpaired) electrons. The van der Waals surface area contributed by atoms with Gasteiger partial charge in [-0.25, -0.2) is 4.79 Å². The van der Waals surface area contributed by atoms with Crippen molar-refractivity contribution in [2.24, 2.45) is 7.05 Å². The van der Waals surface area contributed by atoms with Crippen LogP contribution < -0.4 is 10.6 Å². The Kier molecular flexibility index (Phi) is 4.47. The van der Waals surface area contributed by atoms with E-state index in [4.69, 9.17) is 11.6 Å². The largest absolute Gasteiger partial charge is 0.357 e. The second-order valence-electron chi connectivity index (χ2n) is 4.32. The van der Waals surface area contributed by atoms with Crippen molar-refractivity contribution in [3.63, 3.8) is 0 Å². The first-order chi connectivity index (χ1) is 9.13. The number of aryl methyl sites for hydroxylation is 1. The van der Waals surface area contributed by atoms with E-state index >= 15 is 0 Å². The van der Waals surface area contributed by atoms with Gasteiger partial charge in [0.05, 0.1) is 0 Å². The molecule has 2 N–H and O–H groups in total. The van der Waals surface area contributed by atoms with Crippen LogP contribution in [0.2, 0.25) is 5.02 Å². The molecule has 0 bridgehead atoms. The highest BCUT2D eigenvalue weighted by Gasteiger charge is 2.01. The predicted molar refractivity (Wildman–Crippen MR) is 77.6 cm³/mol. The van der Waals surface area contributed by atoms with Gasteiger partial charge in [0.25, 0.3) is 0 Å². The lowest BCUT2D eigenvalue weighted by atomic mass is 10.2. The Morgan fingerprint density at radius 3 is 2.63 bits per heavy atom. The second kappa shape index (κ2) is 6.29. The maximum atomic E-state index is 11.6. The molecule has 0 aliphatic heterocycles. The third kappa shape index (κ3) is 4.34. The number of aromatic nitrogens is 1. The highest BCUT2D eigenvalue weighted by atomic mass is 35.5. The molecule has 0 aliphatic carbocycles. The van der Waals surface area contributed by atoms with E-state index in [1.165, 1.54) is 5.56 Å². The minimum atomic E-state index is -0.210. The average Bonchev–Trinajstić information content (AvgIpc) is 2.78. The molecule has 0 atom stereocenters. The summed E-state index contributed by atoms with van der Waals surface area (Å²) in [4.78, 5) is 11.6. The minimum absolute atomic E-state index is 0.210. The van der Waals surface area contributed by atoms with Gasteiger partial charge in [-0.15, -0.1) is 0 Å². The fourth-order valence-corrected chi connectivity index (χ4v) is 1.86. The lowest BCUT2D eigenvalue weighted by Crippen LogP contribution is -2.30. The molecule has 0 fully saturated rings. The van der Waals surface area contributed by atoms with E-state index in [1.807, 2.05) is 30.1 Å². The Morgan fingerprint density at radius 2 is 2.00 bits per heavy atom. The zero-order valence-electron chi connectivity index (χ0n) is 10.7. The smallest absolute Gasteiger partial charge is 0.319 e. The molecule has 2 amide bonds. The highest BCUT2D eigenvalue weighted by Crippen LogP contribution is 2.13. The Labute approximate surface area is 117 Å². The van der Waals surface area contributed by atoms with Gasteiger partial charge in [-0.2, -0.15) is 0 Å². The van der Waals surface area contributed by atoms with Crippen molar-refractivity contribution >= 4 is 23.3 Å². The molecule has 2 aromatic rings. The first kappa shape index (κ1) is 13.5. The number of anilines is 1. The van der Waals surface area contributed by atoms with Crippen LogP contribution in [0.3, 0.4) is 0 Å². The zero-order chi connectivity index (χ0) is 13.7. The Hall–Kier alpha value is -1.94. The first-order valence-corrected chi connectivity index (χ1v) is 6.42. The van der Waals surface area contributed by atoms with Crippen LogP contribution in [-0.2, 0) is 13.5 Å². The van der Waals surface area contributed by atoms with Crippen molar-refractivity contribution in [3.05, 3.63) is 53.3 Å². The molecule has 100 valence electrons. The van der Waals surface area contributed by atoms with Crippen LogP contribution in [0.25, 0.3) is 0 Å². The molecular weight excluding hydrogens is 262 g/mol. The molecule has 4 nitrogen and oxygen atoms in total. The third-order valence-electron chi connectivity index (χ3n) is 2.69. The summed E-state index contributed by atoms with van der Waals surface area (Å²) in [5.41, 5.74) is 1.93. The Bertz CT molecular complexity index is 548. The Morgan fingerprint density at radius 1 is 1.26 bits per heavy atom. The van der Waals surface area contributed by atoms with Gasteiger partial charge in [0.2, 0.25) is 0 Å². The number of nitrogens with one attached hydrogen (secondary N) is 2. The van der Waals surface area contributed by atoms with Crippen molar-refractivity contribution in [2.45, 2.75) is 6.42 Å². The average molecular weight is 278 g/mol. The number of amides is 2. The maximum Gasteiger partial charge on any atom is 0.319 e. The van der Waals surface area contributed by atoms with Gasteiger partial charge in [-0.05, 0) is 42.3 Å². The number of carbonyl (C=O) groups is 1. The topological polar surface area (TPSA) is 46.1 Å². The SMILES string of the molecule is Cn1ccc(CCNC(=O)Nc2ccc(Cl)cc2)c1. The summed E-state index contributed by atoms with van der Waals surface area (Å²) in [6.45, 7) is 0.601. The van der Waals surface area contributed by atoms with Gasteiger partial charge >= 0.3 is 6.03 Å². The minimum Gasteiger partial charge on any atom is -0.357 e. The molecule has 19 heavy (non-hydrogen) atoms. The normalized spacial score (nSPS) is 10.2. The predicted octanol–water partition coefficient (Wildman–Crippen LogP) is 3.04. The van der Waals surface area contributed by atoms with Crippen LogP contribution in [0.5, 0.6) is 0 Å². The van der Waals surface area contributed by atoms with E-state index in [1.54, 1.807) is 24.3 Å². The lowest BCUT2D eigenvalue weighted by Gasteiger charge is -2.07. The van der Waals surface area contributed by atoms with Gasteiger partial charge < -0.3 is 15.2 Å². The van der Waals surface area contributed by atoms with Crippen molar-refractivity contribution in [1.29, 1.82) is 0 Å². The first-order valence-electron chi connectivity index (χ1n) is 6.05. The number of benzene rings is 1. The van der Waals surface area contributed by atoms with Crippen LogP contribution in [0.4, 0.5) is 10.5 Å². The number of hydrogen-bond donors (Lipinski definition) is 2. The molecule has 0 saturated heterocycles. The number of hydrogen-bond acceptors (Lipinski definition) is 1. The van der Waals surface area contributed by atoms with E-state index in [2.05, 4.69) is 10.6 Å². The number of rotatable bonds is 4. The van der Waals surface area contributed by atoms with E-state index < -0.39 is 0 Å². The summed E-state index contributed by atoms with van der Waals surface area (Å²) < 4.78 is 1.99. The van der Waals surface area contributed by atoms with Crippen LogP contribution in [0.15, 0.2) is 42.7 Å². The highest BCUT2D eigenvalue weighted by molar-refractivity contribution is 6.30. The molecular formula is C14H16ClN3O. The summed E-state index contributed by atoms with van der Waals surface area (Å²) in [6.07, 6.45) is 4.84. The molecule has 0 unspecified atom stereocenters. The summed E-state index contributed by atoms with van der Waals surface area (Å²) in [5, 5.41) is 6.21. The van der Waals surface area contributed by atoms with Crippen molar-refractivity contribution in [2.75, 3.05) is 11.9 Å². The summed E-state index contributed by atoms with van der Waals surface area (Å²) in [7, 11) is 1.98. The van der Waals surface area contributed by atoms with Crippen molar-refractivity contribution < 1.29 is 4.79 Å². The summed E-state index contributed by atoms with van der Waals surface area (Å²) in [5.74, 6) is 0. The summed E-state index contributed by atoms with van der Waals surface area (Å²) in [6, 6.07) is 8.83. The Balaban J connectivity index is 1.74. The fraction of sp³-hybridized carbons (Fsp3) is 0.214. The summed E-state index contributed by atoms with van der Waals surface area (Å²) >= 11 is 5.77. The van der Waals surface area contributed by atoms with E-state index in [9.17, 15) is 4.79 Å². The second-order valence-corrected chi connectivity index (χ2v) is 4.76. The molecule has 1 heterocycles. The third-order valence-corrected chi connectivity index (χ3v) is 2.95. The molecule has 0 saturated carbocycles. The van der Waals surface area contributed by atoms with Crippen molar-refractivity contribution in [1.82, 2.24) is 9.88 Å². The van der Waals surface area contributed by atoms with Crippen molar-refractivity contribution in [3.8, 4) is 0 Å². The van der Waals surface area contributed by atoms with Crippen LogP contribution in [-0.4, -0.2) is 17.1 Å². The molecule has 1 aromatic heterocycles. The molecule has 2 rings (SSSR count). The molecule has 5 heteroatoms. The van der Waals surface area contributed by atoms with E-state index in [-0.39, 0.29) is 6.03 Å². The van der Waals surface area contributed by atoms with Gasteiger partial charge in [0.15, 0.2) is 0 Å². The number of urea groups is 1. The molecule has 0 aliphatic rings. The van der Waals surface area contributed by atoms with Crippen LogP contribution >= 0.6 is 11.6 Å². The lowest BCUT2D eigenvalue weighted by molar-refractivity contribution is 0.252. The quantitative estimate of drug-likeness (QED) is 0.886. The van der Waals surface area contributed by atoms with Crippen LogP contribution in [0.1, 0.15) is 5.56 Å². The monoisotopic (exact) mass is 277 g/mol. The van der Waals surface area contributed by atoms with E-state index in [0.29, 0.717) is 11.6 Å². The zero-order valence-corrected chi connectivity index (χ0v) is 11.4. The fourth-order valence-electron chi connectivity index (χ4n) is 1.74. The van der Waals surface area contributed by atoms with Gasteiger partial charge in [0, 0.05) is 36.7 Å². The number of nitrogens with zero attached hydrogens (tertiary/aromatic N) is 1. The van der Waals surface area contributed by atoms with Gasteiger partial charge in [-0.3, -0.25) is 0 Å². The maximum absolute atomic E-state index is 11.6. The van der Waals surface area contributed by atoms with Gasteiger partial charge in [-0.1, -0.05) is 11.6 Å². The molecule has 0 spiro atoms. The van der Waals surface area contributed by atoms with Crippen LogP contribution in [0, 0.1) is 0 Å². The van der Waals surface area contributed by atoms with E-state index in [0.717, 1.165) is 12.1 Å². The number of halogens is 1.